The van der Waals surface area contributed by atoms with E-state index in [1.165, 1.54) is 25.3 Å². The maximum atomic E-state index is 12.5. The van der Waals surface area contributed by atoms with Gasteiger partial charge < -0.3 is 15.2 Å². The van der Waals surface area contributed by atoms with Crippen molar-refractivity contribution < 1.29 is 27.9 Å². The smallest absolute Gasteiger partial charge is 0.303 e. The maximum Gasteiger partial charge on any atom is 0.303 e. The molecule has 26 heavy (non-hydrogen) atoms. The van der Waals surface area contributed by atoms with Crippen LogP contribution in [0.5, 0.6) is 5.75 Å². The highest BCUT2D eigenvalue weighted by Crippen LogP contribution is 2.28. The second-order valence-corrected chi connectivity index (χ2v) is 8.68. The Labute approximate surface area is 153 Å². The van der Waals surface area contributed by atoms with Crippen LogP contribution >= 0.6 is 0 Å². The first kappa shape index (κ1) is 20.2. The van der Waals surface area contributed by atoms with Gasteiger partial charge in [0.05, 0.1) is 7.11 Å². The second-order valence-electron chi connectivity index (χ2n) is 6.99. The van der Waals surface area contributed by atoms with Crippen molar-refractivity contribution >= 4 is 21.9 Å². The highest BCUT2D eigenvalue weighted by atomic mass is 32.2. The first-order valence-electron chi connectivity index (χ1n) is 8.29. The summed E-state index contributed by atoms with van der Waals surface area (Å²) in [6, 6.07) is 4.10. The van der Waals surface area contributed by atoms with E-state index in [9.17, 15) is 18.0 Å². The van der Waals surface area contributed by atoms with Gasteiger partial charge in [-0.15, -0.1) is 0 Å². The lowest BCUT2D eigenvalue weighted by Crippen LogP contribution is -2.43. The molecule has 3 N–H and O–H groups in total. The van der Waals surface area contributed by atoms with Gasteiger partial charge in [-0.05, 0) is 51.3 Å². The summed E-state index contributed by atoms with van der Waals surface area (Å²) >= 11 is 0. The number of carbonyl (C=O) groups excluding carboxylic acids is 1. The van der Waals surface area contributed by atoms with Crippen LogP contribution in [0.2, 0.25) is 0 Å². The van der Waals surface area contributed by atoms with Crippen LogP contribution in [0.15, 0.2) is 23.1 Å². The summed E-state index contributed by atoms with van der Waals surface area (Å²) < 4.78 is 32.7. The van der Waals surface area contributed by atoms with Crippen LogP contribution < -0.4 is 14.8 Å². The zero-order valence-corrected chi connectivity index (χ0v) is 15.9. The van der Waals surface area contributed by atoms with Crippen LogP contribution in [-0.4, -0.2) is 44.1 Å². The third-order valence-corrected chi connectivity index (χ3v) is 5.57. The van der Waals surface area contributed by atoms with Crippen molar-refractivity contribution in [2.45, 2.75) is 56.0 Å². The third-order valence-electron chi connectivity index (χ3n) is 4.03. The molecule has 2 rings (SSSR count). The van der Waals surface area contributed by atoms with Crippen LogP contribution in [0.3, 0.4) is 0 Å². The monoisotopic (exact) mass is 384 g/mol. The summed E-state index contributed by atoms with van der Waals surface area (Å²) in [5.41, 5.74) is -0.592. The summed E-state index contributed by atoms with van der Waals surface area (Å²) in [4.78, 5) is 23.1. The van der Waals surface area contributed by atoms with Gasteiger partial charge >= 0.3 is 5.97 Å². The second kappa shape index (κ2) is 7.63. The van der Waals surface area contributed by atoms with E-state index in [0.717, 1.165) is 12.8 Å². The SMILES string of the molecule is COc1ccc(C(=O)NC(C)(C)CCC(=O)O)cc1S(=O)(=O)NC1CC1. The Bertz CT molecular complexity index is 799. The van der Waals surface area contributed by atoms with Crippen molar-refractivity contribution in [2.24, 2.45) is 0 Å². The molecule has 1 aromatic rings. The topological polar surface area (TPSA) is 122 Å². The summed E-state index contributed by atoms with van der Waals surface area (Å²) in [5, 5.41) is 11.5. The fourth-order valence-electron chi connectivity index (χ4n) is 2.37. The predicted octanol–water partition coefficient (Wildman–Crippen LogP) is 1.51. The van der Waals surface area contributed by atoms with E-state index in [4.69, 9.17) is 9.84 Å². The number of ether oxygens (including phenoxy) is 1. The lowest BCUT2D eigenvalue weighted by molar-refractivity contribution is -0.137. The van der Waals surface area contributed by atoms with Crippen LogP contribution in [-0.2, 0) is 14.8 Å². The standard InChI is InChI=1S/C17H24N2O6S/c1-17(2,9-8-15(20)21)18-16(22)11-4-7-13(25-3)14(10-11)26(23,24)19-12-5-6-12/h4,7,10,12,19H,5-6,8-9H2,1-3H3,(H,18,22)(H,20,21). The van der Waals surface area contributed by atoms with Crippen molar-refractivity contribution in [2.75, 3.05) is 7.11 Å². The minimum absolute atomic E-state index is 0.0721. The van der Waals surface area contributed by atoms with Crippen LogP contribution in [0.4, 0.5) is 0 Å². The molecule has 0 radical (unpaired) electrons. The highest BCUT2D eigenvalue weighted by Gasteiger charge is 2.31. The molecule has 0 heterocycles. The zero-order chi connectivity index (χ0) is 19.5. The van der Waals surface area contributed by atoms with Crippen molar-refractivity contribution in [1.82, 2.24) is 10.0 Å². The Balaban J connectivity index is 2.22. The van der Waals surface area contributed by atoms with E-state index in [1.807, 2.05) is 0 Å². The molecule has 8 nitrogen and oxygen atoms in total. The molecule has 0 saturated heterocycles. The van der Waals surface area contributed by atoms with Gasteiger partial charge in [-0.2, -0.15) is 0 Å². The van der Waals surface area contributed by atoms with Gasteiger partial charge in [-0.25, -0.2) is 13.1 Å². The summed E-state index contributed by atoms with van der Waals surface area (Å²) in [5.74, 6) is -1.28. The largest absolute Gasteiger partial charge is 0.495 e. The summed E-state index contributed by atoms with van der Waals surface area (Å²) in [6.07, 6.45) is 1.75. The molecule has 0 aliphatic heterocycles. The number of amides is 1. The third kappa shape index (κ3) is 5.43. The van der Waals surface area contributed by atoms with Gasteiger partial charge in [0.15, 0.2) is 0 Å². The van der Waals surface area contributed by atoms with E-state index < -0.39 is 27.4 Å². The fraction of sp³-hybridized carbons (Fsp3) is 0.529. The normalized spacial score (nSPS) is 14.7. The molecule has 0 unspecified atom stereocenters. The fourth-order valence-corrected chi connectivity index (χ4v) is 3.87. The van der Waals surface area contributed by atoms with Gasteiger partial charge in [0.2, 0.25) is 10.0 Å². The van der Waals surface area contributed by atoms with E-state index in [2.05, 4.69) is 10.0 Å². The molecule has 9 heteroatoms. The molecule has 0 atom stereocenters. The van der Waals surface area contributed by atoms with Gasteiger partial charge in [-0.1, -0.05) is 0 Å². The predicted molar refractivity (Wildman–Crippen MR) is 94.8 cm³/mol. The maximum absolute atomic E-state index is 12.5. The number of hydrogen-bond acceptors (Lipinski definition) is 5. The lowest BCUT2D eigenvalue weighted by atomic mass is 9.97. The molecular weight excluding hydrogens is 360 g/mol. The molecule has 1 saturated carbocycles. The number of carboxylic acid groups (broad SMARTS) is 1. The Morgan fingerprint density at radius 2 is 1.96 bits per heavy atom. The summed E-state index contributed by atoms with van der Waals surface area (Å²) in [7, 11) is -2.43. The van der Waals surface area contributed by atoms with Crippen molar-refractivity contribution in [3.63, 3.8) is 0 Å². The van der Waals surface area contributed by atoms with Gasteiger partial charge in [0, 0.05) is 23.6 Å². The first-order chi connectivity index (χ1) is 12.0. The van der Waals surface area contributed by atoms with Crippen molar-refractivity contribution in [3.05, 3.63) is 23.8 Å². The Morgan fingerprint density at radius 1 is 1.31 bits per heavy atom. The molecule has 144 valence electrons. The molecule has 1 aliphatic rings. The molecule has 0 aromatic heterocycles. The van der Waals surface area contributed by atoms with E-state index in [1.54, 1.807) is 13.8 Å². The molecule has 1 aliphatic carbocycles. The van der Waals surface area contributed by atoms with Crippen LogP contribution in [0, 0.1) is 0 Å². The molecule has 0 spiro atoms. The lowest BCUT2D eigenvalue weighted by Gasteiger charge is -2.25. The average Bonchev–Trinajstić information content (AvgIpc) is 3.35. The molecule has 1 amide bonds. The van der Waals surface area contributed by atoms with Crippen molar-refractivity contribution in [3.8, 4) is 5.75 Å². The number of benzene rings is 1. The number of methoxy groups -OCH3 is 1. The number of rotatable bonds is 9. The Morgan fingerprint density at radius 3 is 2.50 bits per heavy atom. The van der Waals surface area contributed by atoms with Gasteiger partial charge in [-0.3, -0.25) is 9.59 Å². The number of nitrogens with one attached hydrogen (secondary N) is 2. The van der Waals surface area contributed by atoms with Crippen LogP contribution in [0.25, 0.3) is 0 Å². The average molecular weight is 384 g/mol. The van der Waals surface area contributed by atoms with Crippen LogP contribution in [0.1, 0.15) is 49.9 Å². The molecule has 1 aromatic carbocycles. The van der Waals surface area contributed by atoms with Gasteiger partial charge in [0.1, 0.15) is 10.6 Å². The van der Waals surface area contributed by atoms with E-state index in [-0.39, 0.29) is 35.1 Å². The zero-order valence-electron chi connectivity index (χ0n) is 15.0. The number of hydrogen-bond donors (Lipinski definition) is 3. The van der Waals surface area contributed by atoms with E-state index >= 15 is 0 Å². The molecule has 1 fully saturated rings. The number of carboxylic acids is 1. The van der Waals surface area contributed by atoms with Gasteiger partial charge in [0.25, 0.3) is 5.91 Å². The first-order valence-corrected chi connectivity index (χ1v) is 9.77. The highest BCUT2D eigenvalue weighted by molar-refractivity contribution is 7.89. The molecular formula is C17H24N2O6S. The Hall–Kier alpha value is -2.13. The minimum Gasteiger partial charge on any atom is -0.495 e. The Kier molecular flexibility index (Phi) is 5.92. The summed E-state index contributed by atoms with van der Waals surface area (Å²) in [6.45, 7) is 3.42. The quantitative estimate of drug-likeness (QED) is 0.593. The molecule has 0 bridgehead atoms. The number of sulfonamides is 1. The number of carbonyl (C=O) groups is 2. The minimum atomic E-state index is -3.79. The van der Waals surface area contributed by atoms with Crippen molar-refractivity contribution in [1.29, 1.82) is 0 Å². The van der Waals surface area contributed by atoms with E-state index in [0.29, 0.717) is 0 Å². The number of aliphatic carboxylic acids is 1.